The molecule has 0 amide bonds. The lowest BCUT2D eigenvalue weighted by Gasteiger charge is -2.27. The van der Waals surface area contributed by atoms with E-state index in [9.17, 15) is 9.18 Å². The molecule has 1 aliphatic rings. The fourth-order valence-electron chi connectivity index (χ4n) is 2.83. The van der Waals surface area contributed by atoms with Crippen LogP contribution in [0.25, 0.3) is 0 Å². The number of aryl methyl sites for hydroxylation is 1. The Morgan fingerprint density at radius 2 is 2.25 bits per heavy atom. The molecule has 0 aliphatic heterocycles. The number of ether oxygens (including phenoxy) is 1. The average Bonchev–Trinajstić information content (AvgIpc) is 2.37. The first-order valence-electron chi connectivity index (χ1n) is 7.11. The number of carboxylic acids is 1. The second-order valence-corrected chi connectivity index (χ2v) is 5.77. The summed E-state index contributed by atoms with van der Waals surface area (Å²) in [4.78, 5) is 11.1. The normalized spacial score (nSPS) is 19.7. The van der Waals surface area contributed by atoms with Crippen LogP contribution in [0, 0.1) is 11.7 Å². The second kappa shape index (κ2) is 6.35. The third kappa shape index (κ3) is 3.37. The number of halogens is 1. The lowest BCUT2D eigenvalue weighted by molar-refractivity contribution is -0.153. The maximum Gasteiger partial charge on any atom is 0.333 e. The third-order valence-electron chi connectivity index (χ3n) is 3.87. The molecule has 0 bridgehead atoms. The van der Waals surface area contributed by atoms with E-state index in [1.54, 1.807) is 6.07 Å². The molecule has 0 fully saturated rings. The molecule has 0 aromatic heterocycles. The van der Waals surface area contributed by atoms with Gasteiger partial charge in [-0.15, -0.1) is 0 Å². The van der Waals surface area contributed by atoms with Gasteiger partial charge >= 0.3 is 5.97 Å². The Morgan fingerprint density at radius 1 is 1.50 bits per heavy atom. The summed E-state index contributed by atoms with van der Waals surface area (Å²) in [6.45, 7) is 4.06. The molecule has 2 rings (SSSR count). The van der Waals surface area contributed by atoms with Crippen molar-refractivity contribution in [2.75, 3.05) is 6.61 Å². The van der Waals surface area contributed by atoms with E-state index < -0.39 is 12.1 Å². The number of hydrogen-bond acceptors (Lipinski definition) is 2. The first kappa shape index (κ1) is 15.0. The summed E-state index contributed by atoms with van der Waals surface area (Å²) in [5.41, 5.74) is 2.13. The molecule has 2 atom stereocenters. The van der Waals surface area contributed by atoms with Gasteiger partial charge in [0.25, 0.3) is 0 Å². The number of aliphatic carboxylic acids is 1. The molecule has 110 valence electrons. The highest BCUT2D eigenvalue weighted by atomic mass is 19.1. The van der Waals surface area contributed by atoms with Crippen molar-refractivity contribution in [2.45, 2.75) is 45.1 Å². The number of benzene rings is 1. The van der Waals surface area contributed by atoms with Crippen molar-refractivity contribution in [3.05, 3.63) is 35.1 Å². The number of hydrogen-bond donors (Lipinski definition) is 1. The predicted molar refractivity (Wildman–Crippen MR) is 74.3 cm³/mol. The van der Waals surface area contributed by atoms with E-state index in [0.717, 1.165) is 30.4 Å². The zero-order valence-corrected chi connectivity index (χ0v) is 11.9. The van der Waals surface area contributed by atoms with Crippen molar-refractivity contribution in [2.24, 2.45) is 5.92 Å². The van der Waals surface area contributed by atoms with Crippen molar-refractivity contribution < 1.29 is 19.0 Å². The van der Waals surface area contributed by atoms with E-state index >= 15 is 0 Å². The van der Waals surface area contributed by atoms with E-state index in [-0.39, 0.29) is 17.7 Å². The van der Waals surface area contributed by atoms with Gasteiger partial charge in [0.15, 0.2) is 6.10 Å². The molecule has 0 spiro atoms. The summed E-state index contributed by atoms with van der Waals surface area (Å²) in [6.07, 6.45) is 2.06. The Kier molecular flexibility index (Phi) is 4.76. The van der Waals surface area contributed by atoms with E-state index in [0.29, 0.717) is 6.61 Å². The smallest absolute Gasteiger partial charge is 0.333 e. The topological polar surface area (TPSA) is 46.5 Å². The highest BCUT2D eigenvalue weighted by molar-refractivity contribution is 5.72. The van der Waals surface area contributed by atoms with Gasteiger partial charge in [-0.05, 0) is 48.4 Å². The van der Waals surface area contributed by atoms with Crippen molar-refractivity contribution in [3.63, 3.8) is 0 Å². The molecule has 0 unspecified atom stereocenters. The Bertz CT molecular complexity index is 485. The lowest BCUT2D eigenvalue weighted by Crippen LogP contribution is -2.31. The summed E-state index contributed by atoms with van der Waals surface area (Å²) < 4.78 is 18.8. The van der Waals surface area contributed by atoms with E-state index in [1.807, 2.05) is 19.9 Å². The van der Waals surface area contributed by atoms with Gasteiger partial charge in [-0.2, -0.15) is 0 Å². The minimum absolute atomic E-state index is 0.0659. The van der Waals surface area contributed by atoms with Crippen LogP contribution < -0.4 is 0 Å². The second-order valence-electron chi connectivity index (χ2n) is 5.77. The highest BCUT2D eigenvalue weighted by Crippen LogP contribution is 2.32. The zero-order valence-electron chi connectivity index (χ0n) is 11.9. The van der Waals surface area contributed by atoms with Gasteiger partial charge in [0.2, 0.25) is 0 Å². The molecule has 1 aromatic rings. The van der Waals surface area contributed by atoms with Gasteiger partial charge in [-0.3, -0.25) is 0 Å². The van der Waals surface area contributed by atoms with E-state index in [1.165, 1.54) is 6.07 Å². The maximum atomic E-state index is 13.2. The van der Waals surface area contributed by atoms with Crippen LogP contribution in [0.2, 0.25) is 0 Å². The third-order valence-corrected chi connectivity index (χ3v) is 3.87. The van der Waals surface area contributed by atoms with Crippen LogP contribution in [-0.2, 0) is 16.0 Å². The minimum Gasteiger partial charge on any atom is -0.479 e. The molecule has 1 aromatic carbocycles. The number of rotatable bonds is 5. The number of fused-ring (bicyclic) bond motifs is 1. The Labute approximate surface area is 118 Å². The van der Waals surface area contributed by atoms with Crippen molar-refractivity contribution in [3.8, 4) is 0 Å². The summed E-state index contributed by atoms with van der Waals surface area (Å²) >= 11 is 0. The minimum atomic E-state index is -0.921. The van der Waals surface area contributed by atoms with Crippen LogP contribution in [0.3, 0.4) is 0 Å². The molecule has 0 radical (unpaired) electrons. The van der Waals surface area contributed by atoms with Crippen LogP contribution in [0.15, 0.2) is 18.2 Å². The monoisotopic (exact) mass is 280 g/mol. The molecule has 4 heteroatoms. The molecule has 20 heavy (non-hydrogen) atoms. The summed E-state index contributed by atoms with van der Waals surface area (Å²) in [7, 11) is 0. The number of carboxylic acid groups (broad SMARTS) is 1. The molecule has 3 nitrogen and oxygen atoms in total. The summed E-state index contributed by atoms with van der Waals surface area (Å²) in [5, 5.41) is 9.13. The molecular formula is C16H21FO3. The first-order chi connectivity index (χ1) is 9.49. The number of carbonyl (C=O) groups is 1. The van der Waals surface area contributed by atoms with Crippen LogP contribution in [0.5, 0.6) is 0 Å². The van der Waals surface area contributed by atoms with E-state index in [4.69, 9.17) is 9.84 Å². The highest BCUT2D eigenvalue weighted by Gasteiger charge is 2.26. The van der Waals surface area contributed by atoms with Crippen LogP contribution in [0.4, 0.5) is 4.39 Å². The SMILES string of the molecule is CC(C)[C@H](OC[C@@H]1CCCc2cc(F)ccc21)C(=O)O. The first-order valence-corrected chi connectivity index (χ1v) is 7.11. The Hall–Kier alpha value is -1.42. The maximum absolute atomic E-state index is 13.2. The molecule has 0 saturated heterocycles. The van der Waals surface area contributed by atoms with Gasteiger partial charge < -0.3 is 9.84 Å². The van der Waals surface area contributed by atoms with Crippen molar-refractivity contribution in [1.82, 2.24) is 0 Å². The fourth-order valence-corrected chi connectivity index (χ4v) is 2.83. The quantitative estimate of drug-likeness (QED) is 0.899. The lowest BCUT2D eigenvalue weighted by atomic mass is 9.83. The summed E-state index contributed by atoms with van der Waals surface area (Å²) in [6, 6.07) is 4.86. The van der Waals surface area contributed by atoms with Gasteiger partial charge in [0.05, 0.1) is 6.61 Å². The van der Waals surface area contributed by atoms with Crippen LogP contribution >= 0.6 is 0 Å². The van der Waals surface area contributed by atoms with Crippen molar-refractivity contribution >= 4 is 5.97 Å². The standard InChI is InChI=1S/C16H21FO3/c1-10(2)15(16(18)19)20-9-12-5-3-4-11-8-13(17)6-7-14(11)12/h6-8,10,12,15H,3-5,9H2,1-2H3,(H,18,19)/t12-,15-/m0/s1. The van der Waals surface area contributed by atoms with Gasteiger partial charge in [0.1, 0.15) is 5.82 Å². The van der Waals surface area contributed by atoms with Gasteiger partial charge in [-0.25, -0.2) is 9.18 Å². The van der Waals surface area contributed by atoms with E-state index in [2.05, 4.69) is 0 Å². The molecule has 1 N–H and O–H groups in total. The average molecular weight is 280 g/mol. The largest absolute Gasteiger partial charge is 0.479 e. The van der Waals surface area contributed by atoms with Crippen LogP contribution in [0.1, 0.15) is 43.7 Å². The Morgan fingerprint density at radius 3 is 2.90 bits per heavy atom. The van der Waals surface area contributed by atoms with Gasteiger partial charge in [-0.1, -0.05) is 19.9 Å². The zero-order chi connectivity index (χ0) is 14.7. The molecule has 0 saturated carbocycles. The molecular weight excluding hydrogens is 259 g/mol. The predicted octanol–water partition coefficient (Wildman–Crippen LogP) is 3.37. The van der Waals surface area contributed by atoms with Gasteiger partial charge in [0, 0.05) is 5.92 Å². The summed E-state index contributed by atoms with van der Waals surface area (Å²) in [5.74, 6) is -1.03. The fraction of sp³-hybridized carbons (Fsp3) is 0.562. The van der Waals surface area contributed by atoms with Crippen LogP contribution in [-0.4, -0.2) is 23.8 Å². The Balaban J connectivity index is 2.07. The molecule has 0 heterocycles. The molecule has 1 aliphatic carbocycles. The van der Waals surface area contributed by atoms with Crippen molar-refractivity contribution in [1.29, 1.82) is 0 Å².